The number of para-hydroxylation sites is 1. The third kappa shape index (κ3) is 4.88. The molecule has 2 aliphatic heterocycles. The van der Waals surface area contributed by atoms with Crippen molar-refractivity contribution in [3.05, 3.63) is 54.1 Å². The molecular weight excluding hydrogens is 416 g/mol. The van der Waals surface area contributed by atoms with E-state index in [2.05, 4.69) is 10.2 Å². The van der Waals surface area contributed by atoms with Gasteiger partial charge in [0.25, 0.3) is 0 Å². The van der Waals surface area contributed by atoms with Gasteiger partial charge in [-0.2, -0.15) is 5.10 Å². The molecule has 1 unspecified atom stereocenters. The van der Waals surface area contributed by atoms with Crippen LogP contribution in [-0.4, -0.2) is 34.7 Å². The molecule has 8 nitrogen and oxygen atoms in total. The van der Waals surface area contributed by atoms with Crippen LogP contribution in [0.25, 0.3) is 0 Å². The fourth-order valence-electron chi connectivity index (χ4n) is 3.32. The number of nitrogens with zero attached hydrogens (tertiary/aromatic N) is 3. The van der Waals surface area contributed by atoms with E-state index < -0.39 is 5.25 Å². The lowest BCUT2D eigenvalue weighted by Crippen LogP contribution is -2.31. The molecule has 9 heteroatoms. The van der Waals surface area contributed by atoms with E-state index in [0.29, 0.717) is 12.1 Å². The molecule has 1 fully saturated rings. The summed E-state index contributed by atoms with van der Waals surface area (Å²) in [6.07, 6.45) is 1.56. The number of thioether (sulfide) groups is 1. The van der Waals surface area contributed by atoms with Crippen molar-refractivity contribution in [2.75, 3.05) is 11.7 Å². The van der Waals surface area contributed by atoms with E-state index >= 15 is 0 Å². The van der Waals surface area contributed by atoms with Gasteiger partial charge in [-0.3, -0.25) is 9.59 Å². The van der Waals surface area contributed by atoms with Crippen LogP contribution in [0, 0.1) is 0 Å². The minimum atomic E-state index is -0.597. The van der Waals surface area contributed by atoms with Crippen LogP contribution < -0.4 is 20.1 Å². The smallest absolute Gasteiger partial charge is 0.247 e. The Morgan fingerprint density at radius 2 is 1.90 bits per heavy atom. The van der Waals surface area contributed by atoms with Crippen molar-refractivity contribution in [2.45, 2.75) is 31.4 Å². The molecule has 2 heterocycles. The quantitative estimate of drug-likeness (QED) is 0.321. The SMILES string of the molecule is CC(CCc1ccc2c(c1)OCO2)=NN=C(N)SC1CC(=O)N(c2ccccc2)C1=O. The standard InChI is InChI=1S/C22H22N4O4S/c1-14(7-8-15-9-10-17-18(11-15)30-13-29-17)24-25-22(23)31-19-12-20(27)26(21(19)28)16-5-3-2-4-6-16/h2-6,9-11,19H,7-8,12-13H2,1H3,(H2,23,25). The van der Waals surface area contributed by atoms with Gasteiger partial charge < -0.3 is 15.2 Å². The van der Waals surface area contributed by atoms with Crippen molar-refractivity contribution >= 4 is 40.1 Å². The fourth-order valence-corrected chi connectivity index (χ4v) is 4.13. The maximum atomic E-state index is 12.6. The lowest BCUT2D eigenvalue weighted by molar-refractivity contribution is -0.121. The first-order valence-corrected chi connectivity index (χ1v) is 10.7. The Bertz CT molecular complexity index is 1050. The average molecular weight is 439 g/mol. The summed E-state index contributed by atoms with van der Waals surface area (Å²) in [7, 11) is 0. The van der Waals surface area contributed by atoms with E-state index in [0.717, 1.165) is 41.0 Å². The highest BCUT2D eigenvalue weighted by molar-refractivity contribution is 8.14. The van der Waals surface area contributed by atoms with E-state index in [1.165, 1.54) is 4.90 Å². The number of carbonyl (C=O) groups is 2. The second kappa shape index (κ2) is 9.22. The summed E-state index contributed by atoms with van der Waals surface area (Å²) in [6, 6.07) is 14.7. The zero-order valence-electron chi connectivity index (χ0n) is 17.0. The molecule has 0 spiro atoms. The van der Waals surface area contributed by atoms with Crippen LogP contribution in [0.5, 0.6) is 11.5 Å². The van der Waals surface area contributed by atoms with Gasteiger partial charge in [0.05, 0.1) is 5.69 Å². The van der Waals surface area contributed by atoms with E-state index in [1.54, 1.807) is 24.3 Å². The van der Waals surface area contributed by atoms with Crippen molar-refractivity contribution in [1.82, 2.24) is 0 Å². The van der Waals surface area contributed by atoms with Crippen molar-refractivity contribution < 1.29 is 19.1 Å². The number of amidine groups is 1. The number of hydrogen-bond donors (Lipinski definition) is 1. The predicted molar refractivity (Wildman–Crippen MR) is 121 cm³/mol. The molecular formula is C22H22N4O4S. The van der Waals surface area contributed by atoms with E-state index in [1.807, 2.05) is 31.2 Å². The Morgan fingerprint density at radius 3 is 2.71 bits per heavy atom. The molecule has 31 heavy (non-hydrogen) atoms. The summed E-state index contributed by atoms with van der Waals surface area (Å²) in [4.78, 5) is 26.1. The number of aryl methyl sites for hydroxylation is 1. The van der Waals surface area contributed by atoms with Crippen LogP contribution in [-0.2, 0) is 16.0 Å². The predicted octanol–water partition coefficient (Wildman–Crippen LogP) is 3.10. The first kappa shape index (κ1) is 20.9. The van der Waals surface area contributed by atoms with Crippen LogP contribution in [0.15, 0.2) is 58.7 Å². The van der Waals surface area contributed by atoms with Crippen LogP contribution in [0.4, 0.5) is 5.69 Å². The largest absolute Gasteiger partial charge is 0.454 e. The number of nitrogens with two attached hydrogens (primary N) is 1. The number of fused-ring (bicyclic) bond motifs is 1. The van der Waals surface area contributed by atoms with Crippen LogP contribution in [0.2, 0.25) is 0 Å². The maximum Gasteiger partial charge on any atom is 0.247 e. The van der Waals surface area contributed by atoms with E-state index in [4.69, 9.17) is 15.2 Å². The molecule has 2 aromatic rings. The minimum absolute atomic E-state index is 0.0847. The fraction of sp³-hybridized carbons (Fsp3) is 0.273. The molecule has 0 saturated carbocycles. The second-order valence-corrected chi connectivity index (χ2v) is 8.40. The monoisotopic (exact) mass is 438 g/mol. The Labute approximate surface area is 184 Å². The number of ether oxygens (including phenoxy) is 2. The molecule has 2 aromatic carbocycles. The van der Waals surface area contributed by atoms with Gasteiger partial charge in [0.15, 0.2) is 16.7 Å². The highest BCUT2D eigenvalue weighted by Gasteiger charge is 2.40. The Hall–Kier alpha value is -3.33. The molecule has 0 bridgehead atoms. The van der Waals surface area contributed by atoms with Gasteiger partial charge in [-0.05, 0) is 49.6 Å². The zero-order chi connectivity index (χ0) is 21.8. The third-order valence-electron chi connectivity index (χ3n) is 4.91. The van der Waals surface area contributed by atoms with Gasteiger partial charge in [0.1, 0.15) is 5.25 Å². The van der Waals surface area contributed by atoms with Crippen LogP contribution in [0.1, 0.15) is 25.3 Å². The van der Waals surface area contributed by atoms with Crippen molar-refractivity contribution in [1.29, 1.82) is 0 Å². The average Bonchev–Trinajstić information content (AvgIpc) is 3.34. The van der Waals surface area contributed by atoms with Crippen molar-refractivity contribution in [3.8, 4) is 11.5 Å². The Kier molecular flexibility index (Phi) is 6.22. The summed E-state index contributed by atoms with van der Waals surface area (Å²) >= 11 is 1.07. The zero-order valence-corrected chi connectivity index (χ0v) is 17.8. The molecule has 0 aromatic heterocycles. The summed E-state index contributed by atoms with van der Waals surface area (Å²) in [5.41, 5.74) is 8.44. The molecule has 4 rings (SSSR count). The van der Waals surface area contributed by atoms with E-state index in [-0.39, 0.29) is 30.2 Å². The Balaban J connectivity index is 1.32. The van der Waals surface area contributed by atoms with Gasteiger partial charge in [0, 0.05) is 12.1 Å². The Morgan fingerprint density at radius 1 is 1.13 bits per heavy atom. The summed E-state index contributed by atoms with van der Waals surface area (Å²) < 4.78 is 10.7. The van der Waals surface area contributed by atoms with Crippen molar-refractivity contribution in [2.24, 2.45) is 15.9 Å². The molecule has 2 N–H and O–H groups in total. The molecule has 1 saturated heterocycles. The lowest BCUT2D eigenvalue weighted by atomic mass is 10.1. The maximum absolute atomic E-state index is 12.6. The highest BCUT2D eigenvalue weighted by atomic mass is 32.2. The normalized spacial score (nSPS) is 18.7. The number of anilines is 1. The van der Waals surface area contributed by atoms with Crippen molar-refractivity contribution in [3.63, 3.8) is 0 Å². The number of carbonyl (C=O) groups excluding carboxylic acids is 2. The van der Waals surface area contributed by atoms with Gasteiger partial charge in [-0.1, -0.05) is 36.0 Å². The first-order valence-electron chi connectivity index (χ1n) is 9.85. The number of hydrogen-bond acceptors (Lipinski definition) is 7. The molecule has 2 aliphatic rings. The first-order chi connectivity index (χ1) is 15.0. The molecule has 160 valence electrons. The van der Waals surface area contributed by atoms with Gasteiger partial charge >= 0.3 is 0 Å². The van der Waals surface area contributed by atoms with Crippen LogP contribution in [0.3, 0.4) is 0 Å². The van der Waals surface area contributed by atoms with Crippen LogP contribution >= 0.6 is 11.8 Å². The lowest BCUT2D eigenvalue weighted by Gasteiger charge is -2.14. The van der Waals surface area contributed by atoms with Gasteiger partial charge in [0.2, 0.25) is 18.6 Å². The van der Waals surface area contributed by atoms with Gasteiger partial charge in [-0.25, -0.2) is 4.90 Å². The molecule has 0 aliphatic carbocycles. The van der Waals surface area contributed by atoms with Gasteiger partial charge in [-0.15, -0.1) is 5.10 Å². The number of rotatable bonds is 6. The highest BCUT2D eigenvalue weighted by Crippen LogP contribution is 2.33. The number of imide groups is 1. The third-order valence-corrected chi connectivity index (χ3v) is 5.89. The molecule has 1 atom stereocenters. The minimum Gasteiger partial charge on any atom is -0.454 e. The molecule has 0 radical (unpaired) electrons. The summed E-state index contributed by atoms with van der Waals surface area (Å²) in [5, 5.41) is 7.76. The summed E-state index contributed by atoms with van der Waals surface area (Å²) in [6.45, 7) is 2.12. The topological polar surface area (TPSA) is 107 Å². The summed E-state index contributed by atoms with van der Waals surface area (Å²) in [5.74, 6) is 0.980. The number of amides is 2. The van der Waals surface area contributed by atoms with E-state index in [9.17, 15) is 9.59 Å². The molecule has 2 amide bonds. The number of benzene rings is 2. The second-order valence-electron chi connectivity index (χ2n) is 7.17.